The molecular formula is C13H23N3O2. The Morgan fingerprint density at radius 3 is 2.78 bits per heavy atom. The maximum absolute atomic E-state index is 9.51. The number of hydrogen-bond acceptors (Lipinski definition) is 5. The Morgan fingerprint density at radius 2 is 2.17 bits per heavy atom. The zero-order valence-corrected chi connectivity index (χ0v) is 11.6. The van der Waals surface area contributed by atoms with Gasteiger partial charge in [0.15, 0.2) is 0 Å². The average Bonchev–Trinajstić information content (AvgIpc) is 2.29. The molecule has 0 spiro atoms. The lowest BCUT2D eigenvalue weighted by Gasteiger charge is -2.17. The highest BCUT2D eigenvalue weighted by molar-refractivity contribution is 5.33. The van der Waals surface area contributed by atoms with Crippen molar-refractivity contribution in [3.8, 4) is 0 Å². The van der Waals surface area contributed by atoms with E-state index in [0.717, 1.165) is 11.6 Å². The van der Waals surface area contributed by atoms with Gasteiger partial charge in [-0.3, -0.25) is 0 Å². The van der Waals surface area contributed by atoms with Crippen molar-refractivity contribution in [1.82, 2.24) is 9.97 Å². The lowest BCUT2D eigenvalue weighted by atomic mass is 9.96. The van der Waals surface area contributed by atoms with E-state index in [-0.39, 0.29) is 5.41 Å². The predicted octanol–water partition coefficient (Wildman–Crippen LogP) is 1.58. The Morgan fingerprint density at radius 1 is 1.44 bits per heavy atom. The van der Waals surface area contributed by atoms with Crippen molar-refractivity contribution in [2.24, 2.45) is 0 Å². The van der Waals surface area contributed by atoms with Crippen molar-refractivity contribution in [3.63, 3.8) is 0 Å². The first-order chi connectivity index (χ1) is 8.43. The number of aromatic nitrogens is 2. The van der Waals surface area contributed by atoms with Gasteiger partial charge in [-0.05, 0) is 12.5 Å². The number of rotatable bonds is 6. The summed E-state index contributed by atoms with van der Waals surface area (Å²) >= 11 is 0. The lowest BCUT2D eigenvalue weighted by Crippen LogP contribution is -2.20. The van der Waals surface area contributed by atoms with E-state index in [1.165, 1.54) is 0 Å². The van der Waals surface area contributed by atoms with Crippen molar-refractivity contribution in [2.45, 2.75) is 38.7 Å². The van der Waals surface area contributed by atoms with E-state index < -0.39 is 6.10 Å². The van der Waals surface area contributed by atoms with Crippen LogP contribution in [0.1, 0.15) is 33.0 Å². The van der Waals surface area contributed by atoms with Crippen LogP contribution in [0.25, 0.3) is 0 Å². The molecule has 0 aliphatic heterocycles. The molecule has 1 aromatic rings. The summed E-state index contributed by atoms with van der Waals surface area (Å²) in [7, 11) is 1.58. The maximum Gasteiger partial charge on any atom is 0.135 e. The molecule has 1 unspecified atom stereocenters. The first-order valence-electron chi connectivity index (χ1n) is 6.18. The highest BCUT2D eigenvalue weighted by Gasteiger charge is 2.17. The molecule has 0 aliphatic carbocycles. The number of aliphatic hydroxyl groups excluding tert-OH is 1. The van der Waals surface area contributed by atoms with Crippen LogP contribution in [0.2, 0.25) is 0 Å². The molecule has 0 radical (unpaired) electrons. The van der Waals surface area contributed by atoms with Crippen molar-refractivity contribution in [3.05, 3.63) is 18.1 Å². The molecule has 5 nitrogen and oxygen atoms in total. The van der Waals surface area contributed by atoms with Crippen LogP contribution in [0.4, 0.5) is 5.82 Å². The average molecular weight is 253 g/mol. The van der Waals surface area contributed by atoms with Gasteiger partial charge in [0.05, 0.1) is 12.7 Å². The molecule has 1 atom stereocenters. The van der Waals surface area contributed by atoms with E-state index in [1.54, 1.807) is 13.3 Å². The zero-order chi connectivity index (χ0) is 13.6. The second-order valence-electron chi connectivity index (χ2n) is 5.34. The Balaban J connectivity index is 2.48. The third-order valence-corrected chi connectivity index (χ3v) is 2.47. The van der Waals surface area contributed by atoms with E-state index in [0.29, 0.717) is 19.6 Å². The maximum atomic E-state index is 9.51. The van der Waals surface area contributed by atoms with Crippen molar-refractivity contribution >= 4 is 5.82 Å². The molecule has 0 saturated heterocycles. The third kappa shape index (κ3) is 4.98. The SMILES string of the molecule is COCC(O)CCNc1ccnc(C(C)(C)C)n1. The molecular weight excluding hydrogens is 230 g/mol. The normalized spacial score (nSPS) is 13.4. The van der Waals surface area contributed by atoms with Crippen LogP contribution in [0, 0.1) is 0 Å². The summed E-state index contributed by atoms with van der Waals surface area (Å²) in [4.78, 5) is 8.71. The largest absolute Gasteiger partial charge is 0.391 e. The number of aliphatic hydroxyl groups is 1. The molecule has 0 aliphatic rings. The molecule has 0 saturated carbocycles. The predicted molar refractivity (Wildman–Crippen MR) is 71.7 cm³/mol. The molecule has 5 heteroatoms. The van der Waals surface area contributed by atoms with E-state index >= 15 is 0 Å². The summed E-state index contributed by atoms with van der Waals surface area (Å²) < 4.78 is 4.87. The molecule has 0 aromatic carbocycles. The van der Waals surface area contributed by atoms with Gasteiger partial charge >= 0.3 is 0 Å². The van der Waals surface area contributed by atoms with Crippen LogP contribution < -0.4 is 5.32 Å². The first kappa shape index (κ1) is 14.9. The van der Waals surface area contributed by atoms with Crippen LogP contribution in [-0.4, -0.2) is 41.4 Å². The highest BCUT2D eigenvalue weighted by atomic mass is 16.5. The number of ether oxygens (including phenoxy) is 1. The standard InChI is InChI=1S/C13H23N3O2/c1-13(2,3)12-15-8-6-11(16-12)14-7-5-10(17)9-18-4/h6,8,10,17H,5,7,9H2,1-4H3,(H,14,15,16). The number of nitrogens with one attached hydrogen (secondary N) is 1. The third-order valence-electron chi connectivity index (χ3n) is 2.47. The van der Waals surface area contributed by atoms with Crippen LogP contribution in [0.15, 0.2) is 12.3 Å². The van der Waals surface area contributed by atoms with Crippen LogP contribution in [0.3, 0.4) is 0 Å². The summed E-state index contributed by atoms with van der Waals surface area (Å²) in [6.45, 7) is 7.25. The van der Waals surface area contributed by atoms with Gasteiger partial charge in [-0.2, -0.15) is 0 Å². The topological polar surface area (TPSA) is 67.3 Å². The number of hydrogen-bond donors (Lipinski definition) is 2. The molecule has 102 valence electrons. The molecule has 18 heavy (non-hydrogen) atoms. The van der Waals surface area contributed by atoms with E-state index in [9.17, 15) is 5.11 Å². The van der Waals surface area contributed by atoms with Gasteiger partial charge in [-0.25, -0.2) is 9.97 Å². The molecule has 2 N–H and O–H groups in total. The van der Waals surface area contributed by atoms with E-state index in [1.807, 2.05) is 6.07 Å². The number of anilines is 1. The quantitative estimate of drug-likeness (QED) is 0.805. The Bertz CT molecular complexity index is 363. The van der Waals surface area contributed by atoms with Crippen LogP contribution in [0.5, 0.6) is 0 Å². The number of nitrogens with zero attached hydrogens (tertiary/aromatic N) is 2. The van der Waals surface area contributed by atoms with Gasteiger partial charge in [0, 0.05) is 25.3 Å². The van der Waals surface area contributed by atoms with Gasteiger partial charge in [0.2, 0.25) is 0 Å². The summed E-state index contributed by atoms with van der Waals surface area (Å²) in [5.41, 5.74) is -0.0622. The summed E-state index contributed by atoms with van der Waals surface area (Å²) in [5.74, 6) is 1.60. The lowest BCUT2D eigenvalue weighted by molar-refractivity contribution is 0.0615. The van der Waals surface area contributed by atoms with Gasteiger partial charge in [-0.1, -0.05) is 20.8 Å². The van der Waals surface area contributed by atoms with Gasteiger partial charge in [-0.15, -0.1) is 0 Å². The highest BCUT2D eigenvalue weighted by Crippen LogP contribution is 2.18. The fraction of sp³-hybridized carbons (Fsp3) is 0.692. The molecule has 1 rings (SSSR count). The summed E-state index contributed by atoms with van der Waals surface area (Å²) in [5, 5.41) is 12.7. The minimum atomic E-state index is -0.438. The van der Waals surface area contributed by atoms with Crippen LogP contribution in [-0.2, 0) is 10.2 Å². The Labute approximate surface area is 109 Å². The fourth-order valence-corrected chi connectivity index (χ4v) is 1.46. The smallest absolute Gasteiger partial charge is 0.135 e. The minimum absolute atomic E-state index is 0.0622. The van der Waals surface area contributed by atoms with Crippen molar-refractivity contribution in [1.29, 1.82) is 0 Å². The van der Waals surface area contributed by atoms with Crippen molar-refractivity contribution < 1.29 is 9.84 Å². The van der Waals surface area contributed by atoms with E-state index in [4.69, 9.17) is 4.74 Å². The summed E-state index contributed by atoms with van der Waals surface area (Å²) in [6, 6.07) is 1.83. The zero-order valence-electron chi connectivity index (χ0n) is 11.6. The number of methoxy groups -OCH3 is 1. The monoisotopic (exact) mass is 253 g/mol. The second-order valence-corrected chi connectivity index (χ2v) is 5.34. The first-order valence-corrected chi connectivity index (χ1v) is 6.18. The fourth-order valence-electron chi connectivity index (χ4n) is 1.46. The molecule has 0 fully saturated rings. The molecule has 0 amide bonds. The Kier molecular flexibility index (Phi) is 5.50. The van der Waals surface area contributed by atoms with Gasteiger partial charge < -0.3 is 15.2 Å². The van der Waals surface area contributed by atoms with Gasteiger partial charge in [0.1, 0.15) is 11.6 Å². The van der Waals surface area contributed by atoms with E-state index in [2.05, 4.69) is 36.1 Å². The summed E-state index contributed by atoms with van der Waals surface area (Å²) in [6.07, 6.45) is 1.94. The van der Waals surface area contributed by atoms with Crippen molar-refractivity contribution in [2.75, 3.05) is 25.6 Å². The second kappa shape index (κ2) is 6.66. The molecule has 1 aromatic heterocycles. The minimum Gasteiger partial charge on any atom is -0.391 e. The Hall–Kier alpha value is -1.20. The van der Waals surface area contributed by atoms with Crippen LogP contribution >= 0.6 is 0 Å². The molecule has 0 bridgehead atoms. The van der Waals surface area contributed by atoms with Gasteiger partial charge in [0.25, 0.3) is 0 Å². The molecule has 1 heterocycles.